The number of carbonyl (C=O) groups is 1. The predicted octanol–water partition coefficient (Wildman–Crippen LogP) is 8.97. The summed E-state index contributed by atoms with van der Waals surface area (Å²) in [5, 5.41) is 33.4. The van der Waals surface area contributed by atoms with Crippen LogP contribution in [0.4, 0.5) is 0 Å². The summed E-state index contributed by atoms with van der Waals surface area (Å²) in [7, 11) is 1.68. The quantitative estimate of drug-likeness (QED) is 0.0507. The molecule has 13 nitrogen and oxygen atoms in total. The van der Waals surface area contributed by atoms with Gasteiger partial charge in [0.15, 0.2) is 0 Å². The van der Waals surface area contributed by atoms with Crippen LogP contribution in [0.2, 0.25) is 10.0 Å². The van der Waals surface area contributed by atoms with Gasteiger partial charge in [0.25, 0.3) is 0 Å². The first kappa shape index (κ1) is 46.6. The van der Waals surface area contributed by atoms with Crippen molar-refractivity contribution >= 4 is 41.6 Å². The number of aliphatic hydroxyl groups excluding tert-OH is 2. The van der Waals surface area contributed by atoms with Gasteiger partial charge in [0.2, 0.25) is 0 Å². The molecule has 7 rings (SSSR count). The molecule has 1 aliphatic heterocycles. The van der Waals surface area contributed by atoms with E-state index >= 15 is 0 Å². The van der Waals surface area contributed by atoms with E-state index in [1.165, 1.54) is 6.92 Å². The highest BCUT2D eigenvalue weighted by molar-refractivity contribution is 6.32. The lowest BCUT2D eigenvalue weighted by Crippen LogP contribution is -2.44. The molecule has 0 bridgehead atoms. The third kappa shape index (κ3) is 11.9. The van der Waals surface area contributed by atoms with Crippen molar-refractivity contribution in [2.24, 2.45) is 9.98 Å². The van der Waals surface area contributed by atoms with E-state index in [0.717, 1.165) is 55.6 Å². The highest BCUT2D eigenvalue weighted by atomic mass is 35.5. The fourth-order valence-electron chi connectivity index (χ4n) is 7.25. The highest BCUT2D eigenvalue weighted by Gasteiger charge is 2.24. The molecule has 0 amide bonds. The number of pyridine rings is 2. The number of aliphatic carboxylic acids is 1. The molecule has 65 heavy (non-hydrogen) atoms. The summed E-state index contributed by atoms with van der Waals surface area (Å²) in [5.41, 5.74) is 10.6. The van der Waals surface area contributed by atoms with Crippen LogP contribution in [0.1, 0.15) is 68.6 Å². The molecule has 0 saturated heterocycles. The highest BCUT2D eigenvalue weighted by Crippen LogP contribution is 2.37. The number of aromatic nitrogens is 2. The van der Waals surface area contributed by atoms with Crippen molar-refractivity contribution in [1.82, 2.24) is 15.3 Å². The number of aliphatic hydroxyl groups is 2. The topological polar surface area (TPSA) is 177 Å². The van der Waals surface area contributed by atoms with Crippen LogP contribution in [0.15, 0.2) is 108 Å². The van der Waals surface area contributed by atoms with Crippen LogP contribution in [-0.4, -0.2) is 62.9 Å². The van der Waals surface area contributed by atoms with Crippen molar-refractivity contribution in [3.8, 4) is 34.1 Å². The first-order chi connectivity index (χ1) is 31.4. The van der Waals surface area contributed by atoms with E-state index in [-0.39, 0.29) is 45.6 Å². The molecule has 0 aliphatic carbocycles. The smallest absolute Gasteiger partial charge is 0.323 e. The average Bonchev–Trinajstić information content (AvgIpc) is 4.15. The minimum absolute atomic E-state index is 0.0472. The van der Waals surface area contributed by atoms with Crippen molar-refractivity contribution in [1.29, 1.82) is 0 Å². The summed E-state index contributed by atoms with van der Waals surface area (Å²) in [6.45, 7) is 6.10. The number of ether oxygens (including phenoxy) is 4. The minimum Gasteiger partial charge on any atom is -0.488 e. The molecule has 4 N–H and O–H groups in total. The predicted molar refractivity (Wildman–Crippen MR) is 251 cm³/mol. The standard InChI is InChI=1S/C50H49Cl2N5O8/c1-29-35(27-64-47-15-45(62-25-33-11-32(17-53-4)18-54-19-33)38(13-42(47)51)22-57-49(31(3)59)50(60)61)7-5-9-40(29)41-10-6-8-36(30(41)2)28-65-48-16-46(39(24-58)14-43(48)52)63-26-34-12-37(21-55-20-34)44-23-56-44/h5-21,23,31,44,49,57-59H,22,24-28H2,1-4H3,(H,60,61)/b53-17+/t31-,44?,49+/m1/s1. The molecule has 0 saturated carbocycles. The Bertz CT molecular complexity index is 2720. The van der Waals surface area contributed by atoms with E-state index in [2.05, 4.69) is 44.3 Å². The Morgan fingerprint density at radius 3 is 1.83 bits per heavy atom. The fourth-order valence-corrected chi connectivity index (χ4v) is 7.74. The van der Waals surface area contributed by atoms with E-state index in [9.17, 15) is 20.1 Å². The van der Waals surface area contributed by atoms with Gasteiger partial charge in [0.05, 0.1) is 22.8 Å². The Balaban J connectivity index is 1.06. The second-order valence-electron chi connectivity index (χ2n) is 15.6. The second kappa shape index (κ2) is 21.6. The molecule has 6 aromatic rings. The first-order valence-corrected chi connectivity index (χ1v) is 21.6. The van der Waals surface area contributed by atoms with Crippen LogP contribution in [0, 0.1) is 13.8 Å². The van der Waals surface area contributed by atoms with Gasteiger partial charge in [0, 0.05) is 96.3 Å². The molecular weight excluding hydrogens is 869 g/mol. The zero-order valence-corrected chi connectivity index (χ0v) is 37.8. The summed E-state index contributed by atoms with van der Waals surface area (Å²) in [4.78, 5) is 28.7. The number of hydrogen-bond acceptors (Lipinski definition) is 12. The summed E-state index contributed by atoms with van der Waals surface area (Å²) >= 11 is 13.5. The molecule has 3 heterocycles. The van der Waals surface area contributed by atoms with Gasteiger partial charge in [-0.05, 0) is 78.4 Å². The van der Waals surface area contributed by atoms with E-state index in [4.69, 9.17) is 42.1 Å². The molecule has 1 aliphatic rings. The van der Waals surface area contributed by atoms with Crippen molar-refractivity contribution in [2.75, 3.05) is 7.05 Å². The van der Waals surface area contributed by atoms with Gasteiger partial charge in [0.1, 0.15) is 61.5 Å². The van der Waals surface area contributed by atoms with Crippen LogP contribution < -0.4 is 24.3 Å². The normalized spacial score (nSPS) is 14.0. The van der Waals surface area contributed by atoms with Crippen LogP contribution in [-0.2, 0) is 44.4 Å². The monoisotopic (exact) mass is 917 g/mol. The number of rotatable bonds is 21. The molecule has 336 valence electrons. The van der Waals surface area contributed by atoms with E-state index < -0.39 is 18.1 Å². The van der Waals surface area contributed by atoms with E-state index in [1.54, 1.807) is 62.3 Å². The zero-order chi connectivity index (χ0) is 46.0. The van der Waals surface area contributed by atoms with Crippen LogP contribution in [0.5, 0.6) is 23.0 Å². The Labute approximate surface area is 387 Å². The third-order valence-corrected chi connectivity index (χ3v) is 11.5. The zero-order valence-electron chi connectivity index (χ0n) is 36.3. The number of carboxylic acids is 1. The molecular formula is C50H49Cl2N5O8. The van der Waals surface area contributed by atoms with Gasteiger partial charge in [-0.25, -0.2) is 0 Å². The average molecular weight is 919 g/mol. The number of benzene rings is 4. The van der Waals surface area contributed by atoms with Gasteiger partial charge in [-0.1, -0.05) is 59.6 Å². The second-order valence-corrected chi connectivity index (χ2v) is 16.4. The van der Waals surface area contributed by atoms with Crippen LogP contribution in [0.3, 0.4) is 0 Å². The lowest BCUT2D eigenvalue weighted by molar-refractivity contribution is -0.142. The number of nitrogens with one attached hydrogen (secondary N) is 1. The molecule has 0 fully saturated rings. The van der Waals surface area contributed by atoms with Gasteiger partial charge in [-0.3, -0.25) is 30.1 Å². The Hall–Kier alpha value is -6.35. The van der Waals surface area contributed by atoms with Crippen molar-refractivity contribution < 1.29 is 39.1 Å². The molecule has 3 atom stereocenters. The molecule has 15 heteroatoms. The Morgan fingerprint density at radius 2 is 1.29 bits per heavy atom. The maximum Gasteiger partial charge on any atom is 0.323 e. The molecule has 0 spiro atoms. The van der Waals surface area contributed by atoms with Gasteiger partial charge in [-0.15, -0.1) is 0 Å². The van der Waals surface area contributed by atoms with Crippen LogP contribution in [0.25, 0.3) is 11.1 Å². The molecule has 2 aromatic heterocycles. The summed E-state index contributed by atoms with van der Waals surface area (Å²) in [6.07, 6.45) is 9.33. The summed E-state index contributed by atoms with van der Waals surface area (Å²) < 4.78 is 25.1. The molecule has 4 aromatic carbocycles. The number of halogens is 2. The van der Waals surface area contributed by atoms with Crippen molar-refractivity contribution in [2.45, 2.75) is 78.5 Å². The van der Waals surface area contributed by atoms with Crippen molar-refractivity contribution in [3.63, 3.8) is 0 Å². The molecule has 1 unspecified atom stereocenters. The Morgan fingerprint density at radius 1 is 0.754 bits per heavy atom. The number of aliphatic imine (C=N–C) groups is 2. The summed E-state index contributed by atoms with van der Waals surface area (Å²) in [6, 6.07) is 21.6. The van der Waals surface area contributed by atoms with E-state index in [0.29, 0.717) is 44.2 Å². The maximum atomic E-state index is 11.8. The lowest BCUT2D eigenvalue weighted by atomic mass is 9.92. The fraction of sp³-hybridized carbons (Fsp3) is 0.260. The third-order valence-electron chi connectivity index (χ3n) is 10.9. The lowest BCUT2D eigenvalue weighted by Gasteiger charge is -2.20. The van der Waals surface area contributed by atoms with Gasteiger partial charge < -0.3 is 34.3 Å². The van der Waals surface area contributed by atoms with Gasteiger partial charge in [-0.2, -0.15) is 0 Å². The summed E-state index contributed by atoms with van der Waals surface area (Å²) in [5.74, 6) is 0.481. The first-order valence-electron chi connectivity index (χ1n) is 20.8. The number of hydrogen-bond donors (Lipinski definition) is 4. The largest absolute Gasteiger partial charge is 0.488 e. The van der Waals surface area contributed by atoms with Crippen molar-refractivity contribution in [3.05, 3.63) is 163 Å². The Kier molecular flexibility index (Phi) is 15.5. The van der Waals surface area contributed by atoms with Gasteiger partial charge >= 0.3 is 5.97 Å². The van der Waals surface area contributed by atoms with E-state index in [1.807, 2.05) is 49.5 Å². The number of carboxylic acid groups (broad SMARTS) is 1. The minimum atomic E-state index is -1.21. The molecule has 0 radical (unpaired) electrons. The maximum absolute atomic E-state index is 11.8. The number of nitrogens with zero attached hydrogens (tertiary/aromatic N) is 4. The SMILES string of the molecule is C/N=C/c1cncc(COc2cc(OCc3cccc(-c4cccc(COc5cc(OCc6cncc(C7C=N7)c6)c(CO)cc5Cl)c4C)c3C)c(Cl)cc2CN[C@H](C(=O)O)[C@@H](C)O)c1. The van der Waals surface area contributed by atoms with Crippen LogP contribution >= 0.6 is 23.2 Å².